The van der Waals surface area contributed by atoms with Crippen LogP contribution in [0.1, 0.15) is 37.8 Å². The van der Waals surface area contributed by atoms with Gasteiger partial charge in [0, 0.05) is 53.4 Å². The first-order valence-electron chi connectivity index (χ1n) is 11.2. The predicted molar refractivity (Wildman–Crippen MR) is 130 cm³/mol. The van der Waals surface area contributed by atoms with Gasteiger partial charge in [0.05, 0.1) is 11.7 Å². The van der Waals surface area contributed by atoms with E-state index in [0.29, 0.717) is 28.8 Å². The second kappa shape index (κ2) is 9.01. The number of H-pyrrole nitrogens is 1. The van der Waals surface area contributed by atoms with Crippen LogP contribution >= 0.6 is 22.9 Å². The van der Waals surface area contributed by atoms with Gasteiger partial charge in [0.25, 0.3) is 11.8 Å². The van der Waals surface area contributed by atoms with Crippen molar-refractivity contribution in [3.05, 3.63) is 50.6 Å². The Labute approximate surface area is 205 Å². The molecule has 1 saturated heterocycles. The van der Waals surface area contributed by atoms with Gasteiger partial charge in [-0.05, 0) is 38.2 Å². The number of carbonyl (C=O) groups is 3. The molecule has 3 aromatic rings. The van der Waals surface area contributed by atoms with E-state index in [2.05, 4.69) is 25.5 Å². The van der Waals surface area contributed by atoms with Gasteiger partial charge in [-0.25, -0.2) is 4.98 Å². The first-order chi connectivity index (χ1) is 16.3. The van der Waals surface area contributed by atoms with Crippen molar-refractivity contribution < 1.29 is 14.4 Å². The Morgan fingerprint density at radius 2 is 2.09 bits per heavy atom. The smallest absolute Gasteiger partial charge is 0.280 e. The standard InChI is InChI=1S/C23H25ClN6O3S/c1-3-30-10-17(26-21(32)22-27-15-6-7-29(2)11-18(15)34-22)19(23(30)33)28-20(31)16-9-12-8-13(24)4-5-14(12)25-16/h4-5,8-9,17,19,25H,3,6-7,10-11H2,1-2H3,(H,26,32)(H,28,31)/t17-,19+/m1/s1. The van der Waals surface area contributed by atoms with Crippen molar-refractivity contribution in [1.29, 1.82) is 0 Å². The van der Waals surface area contributed by atoms with Crippen molar-refractivity contribution in [3.8, 4) is 0 Å². The second-order valence-corrected chi connectivity index (χ2v) is 10.2. The van der Waals surface area contributed by atoms with Gasteiger partial charge < -0.3 is 25.4 Å². The van der Waals surface area contributed by atoms with Gasteiger partial charge in [-0.15, -0.1) is 11.3 Å². The van der Waals surface area contributed by atoms with Gasteiger partial charge in [0.15, 0.2) is 5.01 Å². The maximum atomic E-state index is 13.0. The minimum Gasteiger partial charge on any atom is -0.351 e. The lowest BCUT2D eigenvalue weighted by atomic mass is 10.1. The Morgan fingerprint density at radius 3 is 2.88 bits per heavy atom. The van der Waals surface area contributed by atoms with E-state index in [1.165, 1.54) is 11.3 Å². The van der Waals surface area contributed by atoms with E-state index in [9.17, 15) is 14.4 Å². The first-order valence-corrected chi connectivity index (χ1v) is 12.4. The molecule has 9 nitrogen and oxygen atoms in total. The number of nitrogens with one attached hydrogen (secondary N) is 3. The molecule has 2 aliphatic rings. The van der Waals surface area contributed by atoms with Gasteiger partial charge >= 0.3 is 0 Å². The maximum Gasteiger partial charge on any atom is 0.280 e. The number of carbonyl (C=O) groups excluding carboxylic acids is 3. The summed E-state index contributed by atoms with van der Waals surface area (Å²) in [6, 6.07) is 5.55. The van der Waals surface area contributed by atoms with Gasteiger partial charge in [-0.3, -0.25) is 14.4 Å². The largest absolute Gasteiger partial charge is 0.351 e. The highest BCUT2D eigenvalue weighted by molar-refractivity contribution is 7.13. The molecule has 0 radical (unpaired) electrons. The Balaban J connectivity index is 1.33. The summed E-state index contributed by atoms with van der Waals surface area (Å²) in [6.07, 6.45) is 0.815. The van der Waals surface area contributed by atoms with Crippen LogP contribution in [0.2, 0.25) is 5.02 Å². The van der Waals surface area contributed by atoms with Crippen LogP contribution in [0.3, 0.4) is 0 Å². The molecule has 3 N–H and O–H groups in total. The minimum absolute atomic E-state index is 0.222. The highest BCUT2D eigenvalue weighted by Gasteiger charge is 2.42. The molecular formula is C23H25ClN6O3S. The Bertz CT molecular complexity index is 1290. The summed E-state index contributed by atoms with van der Waals surface area (Å²) in [5.74, 6) is -0.965. The number of likely N-dealkylation sites (tertiary alicyclic amines) is 1. The molecule has 0 spiro atoms. The van der Waals surface area contributed by atoms with Gasteiger partial charge in [-0.2, -0.15) is 0 Å². The highest BCUT2D eigenvalue weighted by Crippen LogP contribution is 2.25. The third kappa shape index (κ3) is 4.28. The minimum atomic E-state index is -0.868. The van der Waals surface area contributed by atoms with Crippen LogP contribution in [0.4, 0.5) is 0 Å². The maximum absolute atomic E-state index is 13.0. The van der Waals surface area contributed by atoms with Gasteiger partial charge in [0.1, 0.15) is 11.7 Å². The van der Waals surface area contributed by atoms with Crippen molar-refractivity contribution in [3.63, 3.8) is 0 Å². The highest BCUT2D eigenvalue weighted by atomic mass is 35.5. The lowest BCUT2D eigenvalue weighted by molar-refractivity contribution is -0.129. The molecule has 5 rings (SSSR count). The number of fused-ring (bicyclic) bond motifs is 2. The molecule has 2 aromatic heterocycles. The van der Waals surface area contributed by atoms with E-state index >= 15 is 0 Å². The number of likely N-dealkylation sites (N-methyl/N-ethyl adjacent to an activating group) is 2. The van der Waals surface area contributed by atoms with Gasteiger partial charge in [0.2, 0.25) is 5.91 Å². The summed E-state index contributed by atoms with van der Waals surface area (Å²) in [4.78, 5) is 51.5. The molecule has 178 valence electrons. The van der Waals surface area contributed by atoms with E-state index in [-0.39, 0.29) is 11.8 Å². The van der Waals surface area contributed by atoms with E-state index in [4.69, 9.17) is 11.6 Å². The zero-order valence-corrected chi connectivity index (χ0v) is 20.4. The Hall–Kier alpha value is -2.95. The van der Waals surface area contributed by atoms with Crippen molar-refractivity contribution in [1.82, 2.24) is 30.4 Å². The van der Waals surface area contributed by atoms with Crippen molar-refractivity contribution in [2.24, 2.45) is 0 Å². The van der Waals surface area contributed by atoms with Crippen LogP contribution in [0.15, 0.2) is 24.3 Å². The SMILES string of the molecule is CCN1C[C@@H](NC(=O)c2nc3c(s2)CN(C)CC3)[C@H](NC(=O)c2cc3cc(Cl)ccc3[nH]2)C1=O. The molecule has 4 heterocycles. The van der Waals surface area contributed by atoms with Crippen LogP contribution in [0, 0.1) is 0 Å². The van der Waals surface area contributed by atoms with Crippen LogP contribution < -0.4 is 10.6 Å². The monoisotopic (exact) mass is 500 g/mol. The molecule has 0 saturated carbocycles. The molecule has 11 heteroatoms. The molecule has 34 heavy (non-hydrogen) atoms. The predicted octanol–water partition coefficient (Wildman–Crippen LogP) is 2.02. The molecule has 0 unspecified atom stereocenters. The molecule has 1 fully saturated rings. The van der Waals surface area contributed by atoms with Crippen LogP contribution in [-0.4, -0.2) is 76.3 Å². The summed E-state index contributed by atoms with van der Waals surface area (Å²) in [5.41, 5.74) is 2.06. The third-order valence-electron chi connectivity index (χ3n) is 6.33. The number of hydrogen-bond acceptors (Lipinski definition) is 6. The molecule has 2 atom stereocenters. The lowest BCUT2D eigenvalue weighted by Gasteiger charge is -2.20. The Kier molecular flexibility index (Phi) is 6.05. The number of nitrogens with zero attached hydrogens (tertiary/aromatic N) is 3. The van der Waals surface area contributed by atoms with Crippen molar-refractivity contribution in [2.75, 3.05) is 26.7 Å². The summed E-state index contributed by atoms with van der Waals surface area (Å²) in [7, 11) is 2.04. The van der Waals surface area contributed by atoms with Crippen molar-refractivity contribution >= 4 is 51.6 Å². The number of aromatic amines is 1. The van der Waals surface area contributed by atoms with E-state index < -0.39 is 18.0 Å². The van der Waals surface area contributed by atoms with E-state index in [1.807, 2.05) is 14.0 Å². The fraction of sp³-hybridized carbons (Fsp3) is 0.391. The van der Waals surface area contributed by atoms with E-state index in [0.717, 1.165) is 41.0 Å². The molecular weight excluding hydrogens is 476 g/mol. The van der Waals surface area contributed by atoms with Crippen molar-refractivity contribution in [2.45, 2.75) is 32.0 Å². The average molecular weight is 501 g/mol. The van der Waals surface area contributed by atoms with Gasteiger partial charge in [-0.1, -0.05) is 11.6 Å². The summed E-state index contributed by atoms with van der Waals surface area (Å²) in [6.45, 7) is 4.37. The molecule has 2 aliphatic heterocycles. The second-order valence-electron chi connectivity index (χ2n) is 8.70. The molecule has 3 amide bonds. The third-order valence-corrected chi connectivity index (χ3v) is 7.64. The van der Waals surface area contributed by atoms with E-state index in [1.54, 1.807) is 29.2 Å². The zero-order chi connectivity index (χ0) is 24.0. The van der Waals surface area contributed by atoms with Crippen LogP contribution in [0.25, 0.3) is 10.9 Å². The molecule has 0 aliphatic carbocycles. The number of rotatable bonds is 5. The number of thiazole rings is 1. The first kappa shape index (κ1) is 22.8. The number of benzene rings is 1. The zero-order valence-electron chi connectivity index (χ0n) is 18.9. The fourth-order valence-corrected chi connectivity index (χ4v) is 5.74. The summed E-state index contributed by atoms with van der Waals surface area (Å²) < 4.78 is 0. The molecule has 1 aromatic carbocycles. The normalized spacial score (nSPS) is 20.6. The average Bonchev–Trinajstić information content (AvgIpc) is 3.49. The Morgan fingerprint density at radius 1 is 1.26 bits per heavy atom. The number of aromatic nitrogens is 2. The summed E-state index contributed by atoms with van der Waals surface area (Å²) >= 11 is 7.43. The molecule has 0 bridgehead atoms. The topological polar surface area (TPSA) is 110 Å². The number of amides is 3. The summed E-state index contributed by atoms with van der Waals surface area (Å²) in [5, 5.41) is 7.52. The van der Waals surface area contributed by atoms with Crippen LogP contribution in [-0.2, 0) is 17.8 Å². The number of halogens is 1. The fourth-order valence-electron chi connectivity index (χ4n) is 4.47. The lowest BCUT2D eigenvalue weighted by Crippen LogP contribution is -2.52. The number of hydrogen-bond donors (Lipinski definition) is 3. The van der Waals surface area contributed by atoms with Crippen LogP contribution in [0.5, 0.6) is 0 Å². The quantitative estimate of drug-likeness (QED) is 0.496.